The third-order valence-corrected chi connectivity index (χ3v) is 5.19. The standard InChI is InChI=1S/C14H17NO4S/c1-11-13(9-16)4-3-5-14(11)20(17,18)15(2)8-12-6-7-19-10-12/h3-7,10,16H,8-9H2,1-2H3. The molecule has 0 amide bonds. The number of nitrogens with zero attached hydrogens (tertiary/aromatic N) is 1. The Morgan fingerprint density at radius 2 is 2.05 bits per heavy atom. The van der Waals surface area contributed by atoms with E-state index in [4.69, 9.17) is 4.42 Å². The van der Waals surface area contributed by atoms with E-state index in [1.54, 1.807) is 31.2 Å². The molecule has 1 N–H and O–H groups in total. The SMILES string of the molecule is Cc1c(CO)cccc1S(=O)(=O)N(C)Cc1ccoc1. The van der Waals surface area contributed by atoms with E-state index in [9.17, 15) is 13.5 Å². The summed E-state index contributed by atoms with van der Waals surface area (Å²) >= 11 is 0. The van der Waals surface area contributed by atoms with E-state index in [2.05, 4.69) is 0 Å². The summed E-state index contributed by atoms with van der Waals surface area (Å²) < 4.78 is 31.3. The molecule has 1 heterocycles. The van der Waals surface area contributed by atoms with Gasteiger partial charge in [-0.2, -0.15) is 4.31 Å². The maximum Gasteiger partial charge on any atom is 0.243 e. The molecule has 6 heteroatoms. The number of furan rings is 1. The lowest BCUT2D eigenvalue weighted by atomic mass is 10.1. The maximum absolute atomic E-state index is 12.6. The Hall–Kier alpha value is -1.63. The zero-order valence-corrected chi connectivity index (χ0v) is 12.2. The zero-order valence-electron chi connectivity index (χ0n) is 11.4. The van der Waals surface area contributed by atoms with Gasteiger partial charge < -0.3 is 9.52 Å². The van der Waals surface area contributed by atoms with Crippen molar-refractivity contribution in [3.63, 3.8) is 0 Å². The van der Waals surface area contributed by atoms with Crippen LogP contribution in [0.1, 0.15) is 16.7 Å². The summed E-state index contributed by atoms with van der Waals surface area (Å²) in [6.07, 6.45) is 3.02. The highest BCUT2D eigenvalue weighted by atomic mass is 32.2. The van der Waals surface area contributed by atoms with Gasteiger partial charge in [0.15, 0.2) is 0 Å². The molecule has 1 aromatic heterocycles. The van der Waals surface area contributed by atoms with Gasteiger partial charge in [-0.1, -0.05) is 12.1 Å². The van der Waals surface area contributed by atoms with Gasteiger partial charge in [-0.3, -0.25) is 0 Å². The smallest absolute Gasteiger partial charge is 0.243 e. The lowest BCUT2D eigenvalue weighted by Crippen LogP contribution is -2.27. The molecule has 0 aliphatic carbocycles. The Balaban J connectivity index is 2.35. The molecule has 0 spiro atoms. The number of aliphatic hydroxyl groups excluding tert-OH is 1. The number of rotatable bonds is 5. The molecule has 2 rings (SSSR count). The molecule has 108 valence electrons. The van der Waals surface area contributed by atoms with Crippen molar-refractivity contribution in [2.45, 2.75) is 25.0 Å². The molecule has 0 saturated carbocycles. The van der Waals surface area contributed by atoms with Crippen molar-refractivity contribution in [1.82, 2.24) is 4.31 Å². The zero-order chi connectivity index (χ0) is 14.8. The van der Waals surface area contributed by atoms with Gasteiger partial charge in [0, 0.05) is 19.2 Å². The van der Waals surface area contributed by atoms with Crippen molar-refractivity contribution in [3.8, 4) is 0 Å². The van der Waals surface area contributed by atoms with Crippen LogP contribution in [-0.2, 0) is 23.2 Å². The molecule has 0 aliphatic heterocycles. The van der Waals surface area contributed by atoms with E-state index in [0.29, 0.717) is 11.1 Å². The van der Waals surface area contributed by atoms with Crippen LogP contribution in [-0.4, -0.2) is 24.9 Å². The van der Waals surface area contributed by atoms with Crippen molar-refractivity contribution in [1.29, 1.82) is 0 Å². The minimum Gasteiger partial charge on any atom is -0.472 e. The number of sulfonamides is 1. The Labute approximate surface area is 118 Å². The minimum atomic E-state index is -3.60. The summed E-state index contributed by atoms with van der Waals surface area (Å²) in [6.45, 7) is 1.76. The van der Waals surface area contributed by atoms with Gasteiger partial charge in [0.1, 0.15) is 0 Å². The first kappa shape index (κ1) is 14.8. The summed E-state index contributed by atoms with van der Waals surface area (Å²) in [5, 5.41) is 9.23. The van der Waals surface area contributed by atoms with Crippen LogP contribution >= 0.6 is 0 Å². The van der Waals surface area contributed by atoms with E-state index in [-0.39, 0.29) is 18.0 Å². The molecule has 0 saturated heterocycles. The van der Waals surface area contributed by atoms with Crippen LogP contribution in [0.4, 0.5) is 0 Å². The Morgan fingerprint density at radius 1 is 1.30 bits per heavy atom. The van der Waals surface area contributed by atoms with Gasteiger partial charge in [-0.05, 0) is 30.2 Å². The summed E-state index contributed by atoms with van der Waals surface area (Å²) in [5.41, 5.74) is 1.98. The second kappa shape index (κ2) is 5.78. The second-order valence-electron chi connectivity index (χ2n) is 4.59. The Kier molecular flexibility index (Phi) is 4.27. The fraction of sp³-hybridized carbons (Fsp3) is 0.286. The maximum atomic E-state index is 12.6. The monoisotopic (exact) mass is 295 g/mol. The van der Waals surface area contributed by atoms with Crippen LogP contribution in [0.2, 0.25) is 0 Å². The predicted molar refractivity (Wildman–Crippen MR) is 74.5 cm³/mol. The lowest BCUT2D eigenvalue weighted by Gasteiger charge is -2.18. The van der Waals surface area contributed by atoms with Crippen molar-refractivity contribution < 1.29 is 17.9 Å². The van der Waals surface area contributed by atoms with Crippen molar-refractivity contribution >= 4 is 10.0 Å². The summed E-state index contributed by atoms with van der Waals surface area (Å²) in [5.74, 6) is 0. The van der Waals surface area contributed by atoms with Gasteiger partial charge in [0.25, 0.3) is 0 Å². The van der Waals surface area contributed by atoms with E-state index >= 15 is 0 Å². The predicted octanol–water partition coefficient (Wildman–Crippen LogP) is 1.90. The summed E-state index contributed by atoms with van der Waals surface area (Å²) in [7, 11) is -2.08. The van der Waals surface area contributed by atoms with Crippen LogP contribution in [0.25, 0.3) is 0 Å². The van der Waals surface area contributed by atoms with Crippen LogP contribution in [0.3, 0.4) is 0 Å². The van der Waals surface area contributed by atoms with Crippen molar-refractivity contribution in [2.24, 2.45) is 0 Å². The van der Waals surface area contributed by atoms with Crippen molar-refractivity contribution in [2.75, 3.05) is 7.05 Å². The number of aliphatic hydroxyl groups is 1. The largest absolute Gasteiger partial charge is 0.472 e. The van der Waals surface area contributed by atoms with E-state index in [0.717, 1.165) is 5.56 Å². The first-order valence-electron chi connectivity index (χ1n) is 6.13. The third kappa shape index (κ3) is 2.77. The van der Waals surface area contributed by atoms with Gasteiger partial charge in [-0.15, -0.1) is 0 Å². The highest BCUT2D eigenvalue weighted by Gasteiger charge is 2.23. The Bertz CT molecular complexity index is 677. The van der Waals surface area contributed by atoms with E-state index in [1.807, 2.05) is 0 Å². The van der Waals surface area contributed by atoms with Crippen LogP contribution in [0, 0.1) is 6.92 Å². The first-order chi connectivity index (χ1) is 9.46. The number of hydrogen-bond acceptors (Lipinski definition) is 4. The third-order valence-electron chi connectivity index (χ3n) is 3.24. The second-order valence-corrected chi connectivity index (χ2v) is 6.60. The molecule has 0 fully saturated rings. The van der Waals surface area contributed by atoms with E-state index < -0.39 is 10.0 Å². The molecular formula is C14H17NO4S. The molecule has 5 nitrogen and oxygen atoms in total. The summed E-state index contributed by atoms with van der Waals surface area (Å²) in [6, 6.07) is 6.63. The average molecular weight is 295 g/mol. The van der Waals surface area contributed by atoms with Crippen LogP contribution < -0.4 is 0 Å². The number of hydrogen-bond donors (Lipinski definition) is 1. The highest BCUT2D eigenvalue weighted by molar-refractivity contribution is 7.89. The van der Waals surface area contributed by atoms with Gasteiger partial charge >= 0.3 is 0 Å². The van der Waals surface area contributed by atoms with Gasteiger partial charge in [-0.25, -0.2) is 8.42 Å². The van der Waals surface area contributed by atoms with Gasteiger partial charge in [0.05, 0.1) is 24.0 Å². The molecule has 0 radical (unpaired) electrons. The Morgan fingerprint density at radius 3 is 2.65 bits per heavy atom. The fourth-order valence-electron chi connectivity index (χ4n) is 2.00. The molecule has 20 heavy (non-hydrogen) atoms. The molecular weight excluding hydrogens is 278 g/mol. The molecule has 1 aromatic carbocycles. The topological polar surface area (TPSA) is 70.8 Å². The average Bonchev–Trinajstić information content (AvgIpc) is 2.91. The number of benzene rings is 1. The lowest BCUT2D eigenvalue weighted by molar-refractivity contribution is 0.280. The van der Waals surface area contributed by atoms with E-state index in [1.165, 1.54) is 23.9 Å². The quantitative estimate of drug-likeness (QED) is 0.914. The highest BCUT2D eigenvalue weighted by Crippen LogP contribution is 2.23. The van der Waals surface area contributed by atoms with Crippen molar-refractivity contribution in [3.05, 3.63) is 53.5 Å². The first-order valence-corrected chi connectivity index (χ1v) is 7.57. The molecule has 0 aliphatic rings. The fourth-order valence-corrected chi connectivity index (χ4v) is 3.43. The molecule has 0 atom stereocenters. The molecule has 0 unspecified atom stereocenters. The van der Waals surface area contributed by atoms with Crippen LogP contribution in [0.15, 0.2) is 46.1 Å². The normalized spacial score (nSPS) is 12.0. The summed E-state index contributed by atoms with van der Waals surface area (Å²) in [4.78, 5) is 0.218. The van der Waals surface area contributed by atoms with Crippen LogP contribution in [0.5, 0.6) is 0 Å². The minimum absolute atomic E-state index is 0.180. The molecule has 2 aromatic rings. The van der Waals surface area contributed by atoms with Gasteiger partial charge in [0.2, 0.25) is 10.0 Å². The molecule has 0 bridgehead atoms.